The zero-order valence-electron chi connectivity index (χ0n) is 14.2. The highest BCUT2D eigenvalue weighted by atomic mass is 19.1. The molecule has 0 aliphatic rings. The Labute approximate surface area is 153 Å². The minimum Gasteiger partial charge on any atom is -0.381 e. The van der Waals surface area contributed by atoms with Crippen molar-refractivity contribution in [2.45, 2.75) is 6.54 Å². The monoisotopic (exact) mass is 358 g/mol. The van der Waals surface area contributed by atoms with E-state index >= 15 is 0 Å². The summed E-state index contributed by atoms with van der Waals surface area (Å²) in [7, 11) is 0. The molecule has 2 aromatic carbocycles. The minimum absolute atomic E-state index is 0.302. The van der Waals surface area contributed by atoms with Gasteiger partial charge in [-0.1, -0.05) is 0 Å². The van der Waals surface area contributed by atoms with Gasteiger partial charge in [0.25, 0.3) is 0 Å². The molecule has 3 aromatic heterocycles. The number of aromatic nitrogens is 5. The lowest BCUT2D eigenvalue weighted by Crippen LogP contribution is -1.98. The van der Waals surface area contributed by atoms with Crippen LogP contribution in [0.3, 0.4) is 0 Å². The number of halogens is 1. The Bertz CT molecular complexity index is 1240. The van der Waals surface area contributed by atoms with Crippen LogP contribution in [0.25, 0.3) is 33.5 Å². The van der Waals surface area contributed by atoms with Gasteiger partial charge in [0, 0.05) is 30.0 Å². The molecule has 0 spiro atoms. The summed E-state index contributed by atoms with van der Waals surface area (Å²) in [5.41, 5.74) is 5.22. The van der Waals surface area contributed by atoms with Crippen LogP contribution in [0.15, 0.2) is 60.9 Å². The lowest BCUT2D eigenvalue weighted by molar-refractivity contribution is 0.630. The van der Waals surface area contributed by atoms with Crippen LogP contribution in [0, 0.1) is 5.82 Å². The van der Waals surface area contributed by atoms with Gasteiger partial charge in [-0.15, -0.1) is 0 Å². The standard InChI is InChI=1S/C20H15FN6/c21-13-1-3-16-15(9-13)19(27-26-16)20-24-17-4-2-14(10-18(17)25-20)23-11-12-5-7-22-8-6-12/h1-10,23H,11H2,(H,24,25)(H,26,27). The highest BCUT2D eigenvalue weighted by Crippen LogP contribution is 2.27. The van der Waals surface area contributed by atoms with Crippen LogP contribution in [-0.2, 0) is 6.54 Å². The molecular formula is C20H15FN6. The molecule has 0 saturated carbocycles. The number of rotatable bonds is 4. The van der Waals surface area contributed by atoms with Crippen molar-refractivity contribution in [3.63, 3.8) is 0 Å². The average Bonchev–Trinajstić information content (AvgIpc) is 3.30. The summed E-state index contributed by atoms with van der Waals surface area (Å²) in [5, 5.41) is 11.3. The van der Waals surface area contributed by atoms with Crippen LogP contribution in [0.5, 0.6) is 0 Å². The van der Waals surface area contributed by atoms with Gasteiger partial charge in [-0.2, -0.15) is 5.10 Å². The molecule has 0 aliphatic carbocycles. The van der Waals surface area contributed by atoms with Crippen LogP contribution < -0.4 is 5.32 Å². The van der Waals surface area contributed by atoms with Gasteiger partial charge < -0.3 is 10.3 Å². The molecule has 5 aromatic rings. The first-order chi connectivity index (χ1) is 13.3. The Kier molecular flexibility index (Phi) is 3.57. The third-order valence-electron chi connectivity index (χ3n) is 4.48. The number of hydrogen-bond donors (Lipinski definition) is 3. The maximum atomic E-state index is 13.6. The van der Waals surface area contributed by atoms with Gasteiger partial charge in [0.05, 0.1) is 16.6 Å². The predicted octanol–water partition coefficient (Wildman–Crippen LogP) is 4.25. The Balaban J connectivity index is 1.47. The molecule has 0 saturated heterocycles. The molecule has 7 heteroatoms. The zero-order chi connectivity index (χ0) is 18.2. The Morgan fingerprint density at radius 2 is 1.85 bits per heavy atom. The normalized spacial score (nSPS) is 11.3. The highest BCUT2D eigenvalue weighted by Gasteiger charge is 2.13. The van der Waals surface area contributed by atoms with Crippen LogP contribution in [-0.4, -0.2) is 25.1 Å². The Morgan fingerprint density at radius 1 is 0.963 bits per heavy atom. The quantitative estimate of drug-likeness (QED) is 0.448. The fraction of sp³-hybridized carbons (Fsp3) is 0.0500. The summed E-state index contributed by atoms with van der Waals surface area (Å²) >= 11 is 0. The van der Waals surface area contributed by atoms with E-state index in [0.717, 1.165) is 27.8 Å². The molecule has 0 amide bonds. The third-order valence-corrected chi connectivity index (χ3v) is 4.48. The number of nitrogens with one attached hydrogen (secondary N) is 3. The van der Waals surface area contributed by atoms with E-state index in [-0.39, 0.29) is 5.82 Å². The van der Waals surface area contributed by atoms with E-state index in [2.05, 4.69) is 30.5 Å². The molecule has 0 radical (unpaired) electrons. The number of imidazole rings is 1. The van der Waals surface area contributed by atoms with E-state index in [4.69, 9.17) is 0 Å². The first-order valence-corrected chi connectivity index (χ1v) is 8.53. The Morgan fingerprint density at radius 3 is 2.74 bits per heavy atom. The number of pyridine rings is 1. The van der Waals surface area contributed by atoms with E-state index in [0.29, 0.717) is 23.4 Å². The number of anilines is 1. The summed E-state index contributed by atoms with van der Waals surface area (Å²) in [5.74, 6) is 0.303. The van der Waals surface area contributed by atoms with Gasteiger partial charge in [0.2, 0.25) is 0 Å². The molecule has 0 bridgehead atoms. The molecule has 0 fully saturated rings. The van der Waals surface area contributed by atoms with Gasteiger partial charge in [0.15, 0.2) is 5.82 Å². The largest absolute Gasteiger partial charge is 0.381 e. The van der Waals surface area contributed by atoms with Gasteiger partial charge in [-0.05, 0) is 54.1 Å². The second kappa shape index (κ2) is 6.21. The van der Waals surface area contributed by atoms with Crippen molar-refractivity contribution in [2.24, 2.45) is 0 Å². The molecule has 3 heterocycles. The van der Waals surface area contributed by atoms with Crippen molar-refractivity contribution < 1.29 is 4.39 Å². The van der Waals surface area contributed by atoms with E-state index in [1.165, 1.54) is 12.1 Å². The number of H-pyrrole nitrogens is 2. The lowest BCUT2D eigenvalue weighted by Gasteiger charge is -2.05. The van der Waals surface area contributed by atoms with E-state index in [1.54, 1.807) is 18.5 Å². The maximum Gasteiger partial charge on any atom is 0.159 e. The molecule has 27 heavy (non-hydrogen) atoms. The summed E-state index contributed by atoms with van der Waals surface area (Å²) in [6.07, 6.45) is 3.55. The molecular weight excluding hydrogens is 343 g/mol. The number of hydrogen-bond acceptors (Lipinski definition) is 4. The van der Waals surface area contributed by atoms with E-state index < -0.39 is 0 Å². The Hall–Kier alpha value is -3.74. The second-order valence-electron chi connectivity index (χ2n) is 6.29. The summed E-state index contributed by atoms with van der Waals surface area (Å²) in [6, 6.07) is 14.4. The van der Waals surface area contributed by atoms with Gasteiger partial charge in [-0.25, -0.2) is 9.37 Å². The SMILES string of the molecule is Fc1ccc2[nH]nc(-c3nc4ccc(NCc5ccncc5)cc4[nH]3)c2c1. The maximum absolute atomic E-state index is 13.6. The number of nitrogens with zero attached hydrogens (tertiary/aromatic N) is 3. The summed E-state index contributed by atoms with van der Waals surface area (Å²) < 4.78 is 13.6. The van der Waals surface area contributed by atoms with Crippen molar-refractivity contribution in [1.82, 2.24) is 25.1 Å². The van der Waals surface area contributed by atoms with E-state index in [9.17, 15) is 4.39 Å². The van der Waals surface area contributed by atoms with Crippen molar-refractivity contribution in [1.29, 1.82) is 0 Å². The first kappa shape index (κ1) is 15.5. The fourth-order valence-corrected chi connectivity index (χ4v) is 3.10. The summed E-state index contributed by atoms with van der Waals surface area (Å²) in [6.45, 7) is 0.707. The third kappa shape index (κ3) is 2.89. The van der Waals surface area contributed by atoms with Crippen molar-refractivity contribution in [3.05, 3.63) is 72.3 Å². The number of fused-ring (bicyclic) bond motifs is 2. The zero-order valence-corrected chi connectivity index (χ0v) is 14.2. The number of benzene rings is 2. The highest BCUT2D eigenvalue weighted by molar-refractivity contribution is 5.93. The first-order valence-electron chi connectivity index (χ1n) is 8.53. The second-order valence-corrected chi connectivity index (χ2v) is 6.29. The molecule has 0 atom stereocenters. The van der Waals surface area contributed by atoms with Crippen molar-refractivity contribution in [2.75, 3.05) is 5.32 Å². The lowest BCUT2D eigenvalue weighted by atomic mass is 10.2. The van der Waals surface area contributed by atoms with Crippen LogP contribution in [0.4, 0.5) is 10.1 Å². The molecule has 132 valence electrons. The predicted molar refractivity (Wildman–Crippen MR) is 103 cm³/mol. The van der Waals surface area contributed by atoms with Crippen LogP contribution in [0.1, 0.15) is 5.56 Å². The number of aromatic amines is 2. The van der Waals surface area contributed by atoms with Crippen molar-refractivity contribution in [3.8, 4) is 11.5 Å². The minimum atomic E-state index is -0.302. The van der Waals surface area contributed by atoms with Gasteiger partial charge >= 0.3 is 0 Å². The van der Waals surface area contributed by atoms with Crippen molar-refractivity contribution >= 4 is 27.6 Å². The molecule has 0 unspecified atom stereocenters. The average molecular weight is 358 g/mol. The van der Waals surface area contributed by atoms with Gasteiger partial charge in [-0.3, -0.25) is 10.1 Å². The van der Waals surface area contributed by atoms with Crippen LogP contribution >= 0.6 is 0 Å². The summed E-state index contributed by atoms with van der Waals surface area (Å²) in [4.78, 5) is 11.9. The van der Waals surface area contributed by atoms with Crippen LogP contribution in [0.2, 0.25) is 0 Å². The van der Waals surface area contributed by atoms with Gasteiger partial charge in [0.1, 0.15) is 11.5 Å². The topological polar surface area (TPSA) is 82.3 Å². The molecule has 0 aliphatic heterocycles. The fourth-order valence-electron chi connectivity index (χ4n) is 3.10. The van der Waals surface area contributed by atoms with E-state index in [1.807, 2.05) is 30.3 Å². The molecule has 6 nitrogen and oxygen atoms in total. The molecule has 5 rings (SSSR count). The smallest absolute Gasteiger partial charge is 0.159 e. The molecule has 3 N–H and O–H groups in total.